The van der Waals surface area contributed by atoms with Crippen molar-refractivity contribution >= 4 is 14.5 Å². The van der Waals surface area contributed by atoms with Gasteiger partial charge >= 0.3 is 48.5 Å². The van der Waals surface area contributed by atoms with Crippen LogP contribution in [0.25, 0.3) is 0 Å². The van der Waals surface area contributed by atoms with E-state index >= 15 is 0 Å². The Morgan fingerprint density at radius 3 is 2.43 bits per heavy atom. The second-order valence-corrected chi connectivity index (χ2v) is 3.72. The Morgan fingerprint density at radius 2 is 2.29 bits per heavy atom. The fourth-order valence-electron chi connectivity index (χ4n) is 0.361. The van der Waals surface area contributed by atoms with Crippen molar-refractivity contribution in [3.63, 3.8) is 0 Å². The summed E-state index contributed by atoms with van der Waals surface area (Å²) in [5, 5.41) is 2.01. The maximum absolute atomic E-state index is 4.10. The van der Waals surface area contributed by atoms with Crippen LogP contribution in [-0.4, -0.2) is 19.5 Å². The number of hydrogen-bond donors (Lipinski definition) is 0. The number of aromatic nitrogens is 1. The molecular formula is C5H7NSe. The molecule has 0 saturated heterocycles. The zero-order valence-electron chi connectivity index (χ0n) is 4.43. The van der Waals surface area contributed by atoms with E-state index in [9.17, 15) is 0 Å². The van der Waals surface area contributed by atoms with Gasteiger partial charge in [-0.3, -0.25) is 0 Å². The summed E-state index contributed by atoms with van der Waals surface area (Å²) < 4.78 is 1.47. The molecule has 0 aliphatic carbocycles. The van der Waals surface area contributed by atoms with Crippen LogP contribution in [0.2, 0.25) is 0 Å². The third-order valence-corrected chi connectivity index (χ3v) is 2.79. The summed E-state index contributed by atoms with van der Waals surface area (Å²) in [6, 6.07) is 0. The molecule has 1 heterocycles. The molecule has 0 unspecified atom stereocenters. The van der Waals surface area contributed by atoms with E-state index in [2.05, 4.69) is 18.8 Å². The minimum absolute atomic E-state index is 0.587. The number of rotatable bonds is 0. The molecule has 0 amide bonds. The van der Waals surface area contributed by atoms with Gasteiger partial charge in [0.1, 0.15) is 0 Å². The van der Waals surface area contributed by atoms with Crippen molar-refractivity contribution in [3.8, 4) is 0 Å². The molecule has 1 aromatic heterocycles. The quantitative estimate of drug-likeness (QED) is 0.510. The topological polar surface area (TPSA) is 12.9 Å². The van der Waals surface area contributed by atoms with Gasteiger partial charge in [0.05, 0.1) is 0 Å². The predicted molar refractivity (Wildman–Crippen MR) is 30.7 cm³/mol. The average molecular weight is 160 g/mol. The normalized spacial score (nSPS) is 9.43. The van der Waals surface area contributed by atoms with Crippen molar-refractivity contribution in [2.75, 3.05) is 0 Å². The Hall–Kier alpha value is -0.0705. The van der Waals surface area contributed by atoms with Gasteiger partial charge in [-0.15, -0.1) is 0 Å². The summed E-state index contributed by atoms with van der Waals surface area (Å²) in [4.78, 5) is 4.10. The number of aryl methyl sites for hydroxylation is 2. The van der Waals surface area contributed by atoms with Gasteiger partial charge in [0.25, 0.3) is 0 Å². The molecule has 1 nitrogen and oxygen atoms in total. The van der Waals surface area contributed by atoms with Crippen LogP contribution in [0.5, 0.6) is 0 Å². The van der Waals surface area contributed by atoms with Crippen molar-refractivity contribution in [1.82, 2.24) is 4.98 Å². The predicted octanol–water partition coefficient (Wildman–Crippen LogP) is 0.755. The molecule has 0 aromatic carbocycles. The molecule has 0 radical (unpaired) electrons. The standard InChI is InChI=1S/C5H7NSe/c1-4-5(2)7-3-6-4/h3H,1-2H3. The summed E-state index contributed by atoms with van der Waals surface area (Å²) in [5.74, 6) is 0. The van der Waals surface area contributed by atoms with Crippen LogP contribution >= 0.6 is 0 Å². The molecule has 0 aliphatic heterocycles. The molecular weight excluding hydrogens is 153 g/mol. The third-order valence-electron chi connectivity index (χ3n) is 0.985. The van der Waals surface area contributed by atoms with Crippen LogP contribution in [0.15, 0.2) is 5.07 Å². The zero-order valence-corrected chi connectivity index (χ0v) is 6.15. The zero-order chi connectivity index (χ0) is 5.28. The van der Waals surface area contributed by atoms with Crippen LogP contribution in [-0.2, 0) is 0 Å². The Morgan fingerprint density at radius 1 is 1.57 bits per heavy atom. The molecule has 7 heavy (non-hydrogen) atoms. The summed E-state index contributed by atoms with van der Waals surface area (Å²) in [7, 11) is 0. The van der Waals surface area contributed by atoms with Gasteiger partial charge in [0.2, 0.25) is 0 Å². The Bertz CT molecular complexity index is 140. The van der Waals surface area contributed by atoms with Gasteiger partial charge in [-0.2, -0.15) is 0 Å². The molecule has 0 atom stereocenters. The number of hydrogen-bond acceptors (Lipinski definition) is 1. The third kappa shape index (κ3) is 0.929. The molecule has 0 spiro atoms. The van der Waals surface area contributed by atoms with E-state index in [0.29, 0.717) is 14.5 Å². The first-order chi connectivity index (χ1) is 3.30. The SMILES string of the molecule is Cc1nc[se]c1C. The molecule has 2 heteroatoms. The summed E-state index contributed by atoms with van der Waals surface area (Å²) in [6.45, 7) is 4.20. The van der Waals surface area contributed by atoms with Crippen molar-refractivity contribution in [2.24, 2.45) is 0 Å². The molecule has 0 fully saturated rings. The molecule has 1 aromatic rings. The Balaban J connectivity index is 3.12. The Kier molecular flexibility index (Phi) is 1.31. The van der Waals surface area contributed by atoms with E-state index in [-0.39, 0.29) is 0 Å². The fourth-order valence-corrected chi connectivity index (χ4v) is 1.60. The Labute approximate surface area is 49.1 Å². The van der Waals surface area contributed by atoms with Crippen molar-refractivity contribution in [3.05, 3.63) is 15.2 Å². The first-order valence-corrected chi connectivity index (χ1v) is 4.02. The van der Waals surface area contributed by atoms with E-state index in [0.717, 1.165) is 0 Å². The van der Waals surface area contributed by atoms with Crippen molar-refractivity contribution in [1.29, 1.82) is 0 Å². The molecule has 0 aliphatic rings. The molecule has 0 N–H and O–H groups in total. The van der Waals surface area contributed by atoms with Gasteiger partial charge in [0, 0.05) is 0 Å². The van der Waals surface area contributed by atoms with Gasteiger partial charge in [-0.25, -0.2) is 0 Å². The maximum atomic E-state index is 4.10. The summed E-state index contributed by atoms with van der Waals surface area (Å²) in [5.41, 5.74) is 1.22. The van der Waals surface area contributed by atoms with Crippen LogP contribution in [0.3, 0.4) is 0 Å². The first-order valence-electron chi connectivity index (χ1n) is 2.17. The monoisotopic (exact) mass is 161 g/mol. The van der Waals surface area contributed by atoms with Crippen LogP contribution in [0.4, 0.5) is 0 Å². The van der Waals surface area contributed by atoms with Gasteiger partial charge in [0.15, 0.2) is 0 Å². The summed E-state index contributed by atoms with van der Waals surface area (Å²) >= 11 is 0.587. The second-order valence-electron chi connectivity index (χ2n) is 1.49. The molecule has 0 saturated carbocycles. The van der Waals surface area contributed by atoms with E-state index in [4.69, 9.17) is 0 Å². The number of nitrogens with zero attached hydrogens (tertiary/aromatic N) is 1. The van der Waals surface area contributed by atoms with Crippen LogP contribution < -0.4 is 0 Å². The average Bonchev–Trinajstić information content (AvgIpc) is 1.91. The minimum atomic E-state index is 0.587. The van der Waals surface area contributed by atoms with Gasteiger partial charge in [-0.05, 0) is 0 Å². The van der Waals surface area contributed by atoms with Crippen LogP contribution in [0, 0.1) is 13.8 Å². The van der Waals surface area contributed by atoms with E-state index in [1.807, 2.05) is 5.07 Å². The molecule has 1 rings (SSSR count). The van der Waals surface area contributed by atoms with E-state index in [1.54, 1.807) is 0 Å². The van der Waals surface area contributed by atoms with Crippen LogP contribution in [0.1, 0.15) is 10.1 Å². The van der Waals surface area contributed by atoms with Crippen molar-refractivity contribution < 1.29 is 0 Å². The summed E-state index contributed by atoms with van der Waals surface area (Å²) in [6.07, 6.45) is 0. The fraction of sp³-hybridized carbons (Fsp3) is 0.400. The van der Waals surface area contributed by atoms with Gasteiger partial charge < -0.3 is 0 Å². The second kappa shape index (κ2) is 1.81. The first kappa shape index (κ1) is 5.07. The molecule has 38 valence electrons. The van der Waals surface area contributed by atoms with Crippen molar-refractivity contribution in [2.45, 2.75) is 13.8 Å². The van der Waals surface area contributed by atoms with E-state index < -0.39 is 0 Å². The molecule has 0 bridgehead atoms. The van der Waals surface area contributed by atoms with E-state index in [1.165, 1.54) is 10.1 Å². The van der Waals surface area contributed by atoms with Gasteiger partial charge in [-0.1, -0.05) is 0 Å².